The number of hydrogen-bond donors (Lipinski definition) is 3. The molecule has 0 unspecified atom stereocenters. The predicted molar refractivity (Wildman–Crippen MR) is 101 cm³/mol. The van der Waals surface area contributed by atoms with E-state index in [1.54, 1.807) is 13.3 Å². The topological polar surface area (TPSA) is 95.2 Å². The lowest BCUT2D eigenvalue weighted by Gasteiger charge is -2.40. The number of carbonyl (C=O) groups excluding carboxylic acids is 1. The van der Waals surface area contributed by atoms with Gasteiger partial charge in [0.25, 0.3) is 0 Å². The number of rotatable bonds is 8. The molecule has 3 heterocycles. The number of piperidine rings is 1. The van der Waals surface area contributed by atoms with Crippen molar-refractivity contribution in [3.63, 3.8) is 0 Å². The number of nitrogens with one attached hydrogen (secondary N) is 3. The molecule has 0 aromatic carbocycles. The van der Waals surface area contributed by atoms with Gasteiger partial charge in [-0.15, -0.1) is 11.3 Å². The Hall–Kier alpha value is -1.97. The predicted octanol–water partition coefficient (Wildman–Crippen LogP) is 1.38. The molecule has 0 atom stereocenters. The maximum absolute atomic E-state index is 12.9. The van der Waals surface area contributed by atoms with Crippen LogP contribution in [0, 0.1) is 6.92 Å². The smallest absolute Gasteiger partial charge is 0.245 e. The van der Waals surface area contributed by atoms with Crippen molar-refractivity contribution < 1.29 is 9.53 Å². The van der Waals surface area contributed by atoms with E-state index in [0.29, 0.717) is 13.2 Å². The average Bonchev–Trinajstić information content (AvgIpc) is 3.28. The van der Waals surface area contributed by atoms with Crippen LogP contribution in [0.25, 0.3) is 0 Å². The number of anilines is 1. The van der Waals surface area contributed by atoms with Crippen LogP contribution in [0.3, 0.4) is 0 Å². The maximum Gasteiger partial charge on any atom is 0.245 e. The van der Waals surface area contributed by atoms with Gasteiger partial charge in [0.15, 0.2) is 5.13 Å². The molecule has 1 saturated heterocycles. The van der Waals surface area contributed by atoms with Crippen LogP contribution in [-0.4, -0.2) is 64.9 Å². The molecule has 26 heavy (non-hydrogen) atoms. The Kier molecular flexibility index (Phi) is 6.23. The first-order valence-corrected chi connectivity index (χ1v) is 9.67. The van der Waals surface area contributed by atoms with Crippen LogP contribution < -0.4 is 10.6 Å². The molecule has 142 valence electrons. The van der Waals surface area contributed by atoms with E-state index in [2.05, 4.69) is 36.8 Å². The molecule has 2 aromatic heterocycles. The summed E-state index contributed by atoms with van der Waals surface area (Å²) >= 11 is 1.51. The summed E-state index contributed by atoms with van der Waals surface area (Å²) in [5.74, 6) is 0.0139. The van der Waals surface area contributed by atoms with Crippen LogP contribution in [0.1, 0.15) is 24.2 Å². The van der Waals surface area contributed by atoms with Crippen LogP contribution in [0.5, 0.6) is 0 Å². The van der Waals surface area contributed by atoms with Gasteiger partial charge in [-0.3, -0.25) is 14.8 Å². The molecule has 1 amide bonds. The van der Waals surface area contributed by atoms with Gasteiger partial charge in [-0.1, -0.05) is 0 Å². The standard InChI is InChI=1S/C17H26N6O2S/c1-13-11-14(22-21-13)12-23-7-3-17(4-8-23,15(24)18-5-9-25-2)20-16-19-6-10-26-16/h6,10-11H,3-5,7-9,12H2,1-2H3,(H,18,24)(H,19,20)(H,21,22). The highest BCUT2D eigenvalue weighted by Gasteiger charge is 2.41. The molecule has 1 aliphatic rings. The minimum Gasteiger partial charge on any atom is -0.383 e. The number of likely N-dealkylation sites (tertiary alicyclic amines) is 1. The molecule has 0 aliphatic carbocycles. The van der Waals surface area contributed by atoms with Crippen molar-refractivity contribution in [2.75, 3.05) is 38.7 Å². The average molecular weight is 379 g/mol. The van der Waals surface area contributed by atoms with E-state index in [4.69, 9.17) is 4.74 Å². The Morgan fingerprint density at radius 3 is 2.88 bits per heavy atom. The lowest BCUT2D eigenvalue weighted by atomic mass is 9.86. The quantitative estimate of drug-likeness (QED) is 0.601. The van der Waals surface area contributed by atoms with Gasteiger partial charge in [0, 0.05) is 50.6 Å². The number of methoxy groups -OCH3 is 1. The monoisotopic (exact) mass is 378 g/mol. The van der Waals surface area contributed by atoms with Crippen molar-refractivity contribution in [3.05, 3.63) is 29.0 Å². The molecule has 2 aromatic rings. The van der Waals surface area contributed by atoms with Gasteiger partial charge in [-0.25, -0.2) is 4.98 Å². The third-order valence-electron chi connectivity index (χ3n) is 4.66. The molecule has 0 bridgehead atoms. The summed E-state index contributed by atoms with van der Waals surface area (Å²) in [4.78, 5) is 19.5. The Morgan fingerprint density at radius 1 is 1.46 bits per heavy atom. The van der Waals surface area contributed by atoms with Crippen molar-refractivity contribution in [2.24, 2.45) is 0 Å². The van der Waals surface area contributed by atoms with Crippen molar-refractivity contribution in [1.29, 1.82) is 0 Å². The highest BCUT2D eigenvalue weighted by atomic mass is 32.1. The molecule has 3 rings (SSSR count). The first-order chi connectivity index (χ1) is 12.6. The molecule has 0 spiro atoms. The summed E-state index contributed by atoms with van der Waals surface area (Å²) in [6.07, 6.45) is 3.18. The Balaban J connectivity index is 1.64. The highest BCUT2D eigenvalue weighted by Crippen LogP contribution is 2.29. The summed E-state index contributed by atoms with van der Waals surface area (Å²) in [5.41, 5.74) is 1.46. The van der Waals surface area contributed by atoms with Crippen LogP contribution in [0.4, 0.5) is 5.13 Å². The number of ether oxygens (including phenoxy) is 1. The zero-order chi connectivity index (χ0) is 18.4. The molecule has 0 radical (unpaired) electrons. The third-order valence-corrected chi connectivity index (χ3v) is 5.35. The lowest BCUT2D eigenvalue weighted by molar-refractivity contribution is -0.127. The van der Waals surface area contributed by atoms with E-state index >= 15 is 0 Å². The number of amides is 1. The molecular formula is C17H26N6O2S. The van der Waals surface area contributed by atoms with Gasteiger partial charge in [-0.05, 0) is 25.8 Å². The molecule has 0 saturated carbocycles. The molecule has 9 heteroatoms. The van der Waals surface area contributed by atoms with Crippen molar-refractivity contribution in [2.45, 2.75) is 31.8 Å². The van der Waals surface area contributed by atoms with E-state index in [0.717, 1.165) is 49.0 Å². The number of aryl methyl sites for hydroxylation is 1. The fourth-order valence-electron chi connectivity index (χ4n) is 3.21. The second-order valence-electron chi connectivity index (χ2n) is 6.61. The zero-order valence-corrected chi connectivity index (χ0v) is 16.1. The van der Waals surface area contributed by atoms with Gasteiger partial charge < -0.3 is 15.4 Å². The largest absolute Gasteiger partial charge is 0.383 e. The highest BCUT2D eigenvalue weighted by molar-refractivity contribution is 7.13. The number of hydrogen-bond acceptors (Lipinski definition) is 7. The Morgan fingerprint density at radius 2 is 2.27 bits per heavy atom. The Bertz CT molecular complexity index is 694. The van der Waals surface area contributed by atoms with Crippen molar-refractivity contribution >= 4 is 22.4 Å². The van der Waals surface area contributed by atoms with Crippen LogP contribution in [0.15, 0.2) is 17.6 Å². The fraction of sp³-hybridized carbons (Fsp3) is 0.588. The normalized spacial score (nSPS) is 17.2. The number of thiazole rings is 1. The first-order valence-electron chi connectivity index (χ1n) is 8.79. The summed E-state index contributed by atoms with van der Waals surface area (Å²) in [6, 6.07) is 2.06. The zero-order valence-electron chi connectivity index (χ0n) is 15.2. The number of carbonyl (C=O) groups is 1. The number of aromatic nitrogens is 3. The third kappa shape index (κ3) is 4.60. The summed E-state index contributed by atoms with van der Waals surface area (Å²) in [7, 11) is 1.63. The second kappa shape index (κ2) is 8.61. The molecular weight excluding hydrogens is 352 g/mol. The van der Waals surface area contributed by atoms with Crippen LogP contribution >= 0.6 is 11.3 Å². The summed E-state index contributed by atoms with van der Waals surface area (Å²) in [5, 5.41) is 16.4. The maximum atomic E-state index is 12.9. The van der Waals surface area contributed by atoms with E-state index in [9.17, 15) is 4.79 Å². The lowest BCUT2D eigenvalue weighted by Crippen LogP contribution is -2.58. The minimum atomic E-state index is -0.635. The van der Waals surface area contributed by atoms with Gasteiger partial charge in [0.1, 0.15) is 5.54 Å². The molecule has 1 fully saturated rings. The minimum absolute atomic E-state index is 0.0139. The summed E-state index contributed by atoms with van der Waals surface area (Å²) in [6.45, 7) is 5.45. The Labute approximate surface area is 157 Å². The van der Waals surface area contributed by atoms with Gasteiger partial charge in [0.2, 0.25) is 5.91 Å². The van der Waals surface area contributed by atoms with Gasteiger partial charge >= 0.3 is 0 Å². The fourth-order valence-corrected chi connectivity index (χ4v) is 3.84. The molecule has 1 aliphatic heterocycles. The SMILES string of the molecule is COCCNC(=O)C1(Nc2nccs2)CCN(Cc2cc(C)[nH]n2)CC1. The van der Waals surface area contributed by atoms with Crippen molar-refractivity contribution in [3.8, 4) is 0 Å². The van der Waals surface area contributed by atoms with Gasteiger partial charge in [0.05, 0.1) is 12.3 Å². The second-order valence-corrected chi connectivity index (χ2v) is 7.51. The molecule has 3 N–H and O–H groups in total. The first kappa shape index (κ1) is 18.8. The van der Waals surface area contributed by atoms with E-state index in [1.807, 2.05) is 12.3 Å². The van der Waals surface area contributed by atoms with Crippen LogP contribution in [0.2, 0.25) is 0 Å². The van der Waals surface area contributed by atoms with Gasteiger partial charge in [-0.2, -0.15) is 5.10 Å². The number of aromatic amines is 1. The summed E-state index contributed by atoms with van der Waals surface area (Å²) < 4.78 is 5.04. The van der Waals surface area contributed by atoms with Crippen LogP contribution in [-0.2, 0) is 16.1 Å². The molecule has 8 nitrogen and oxygen atoms in total. The van der Waals surface area contributed by atoms with Crippen molar-refractivity contribution in [1.82, 2.24) is 25.4 Å². The van der Waals surface area contributed by atoms with E-state index in [-0.39, 0.29) is 5.91 Å². The number of H-pyrrole nitrogens is 1. The van der Waals surface area contributed by atoms with E-state index < -0.39 is 5.54 Å². The number of nitrogens with zero attached hydrogens (tertiary/aromatic N) is 3. The van der Waals surface area contributed by atoms with E-state index in [1.165, 1.54) is 11.3 Å².